The van der Waals surface area contributed by atoms with Gasteiger partial charge < -0.3 is 5.11 Å². The van der Waals surface area contributed by atoms with Crippen molar-refractivity contribution in [3.63, 3.8) is 0 Å². The predicted octanol–water partition coefficient (Wildman–Crippen LogP) is 2.05. The maximum atomic E-state index is 12.2. The molecule has 1 N–H and O–H groups in total. The lowest BCUT2D eigenvalue weighted by Gasteiger charge is -2.22. The third-order valence-electron chi connectivity index (χ3n) is 2.55. The molecule has 0 saturated heterocycles. The van der Waals surface area contributed by atoms with Crippen molar-refractivity contribution in [2.24, 2.45) is 11.3 Å². The van der Waals surface area contributed by atoms with Gasteiger partial charge in [-0.25, -0.2) is 0 Å². The van der Waals surface area contributed by atoms with E-state index in [4.69, 9.17) is 5.11 Å². The van der Waals surface area contributed by atoms with Crippen LogP contribution >= 0.6 is 0 Å². The number of halogens is 3. The molecule has 5 heteroatoms. The summed E-state index contributed by atoms with van der Waals surface area (Å²) in [5.41, 5.74) is -1.93. The summed E-state index contributed by atoms with van der Waals surface area (Å²) in [5, 5.41) is 8.42. The fourth-order valence-corrected chi connectivity index (χ4v) is 1.33. The van der Waals surface area contributed by atoms with Gasteiger partial charge in [-0.05, 0) is 12.8 Å². The van der Waals surface area contributed by atoms with Gasteiger partial charge in [-0.15, -0.1) is 0 Å². The van der Waals surface area contributed by atoms with Gasteiger partial charge in [-0.1, -0.05) is 6.92 Å². The third-order valence-corrected chi connectivity index (χ3v) is 2.55. The van der Waals surface area contributed by atoms with Crippen molar-refractivity contribution >= 4 is 5.97 Å². The molecular formula is C7H9F3O2. The Morgan fingerprint density at radius 3 is 2.00 bits per heavy atom. The van der Waals surface area contributed by atoms with E-state index in [-0.39, 0.29) is 12.8 Å². The number of carbonyl (C=O) groups is 1. The number of hydrogen-bond donors (Lipinski definition) is 1. The lowest BCUT2D eigenvalue weighted by atomic mass is 9.90. The average Bonchev–Trinajstić information content (AvgIpc) is 2.62. The highest BCUT2D eigenvalue weighted by Crippen LogP contribution is 2.62. The largest absolute Gasteiger partial charge is 0.481 e. The molecule has 0 aromatic rings. The van der Waals surface area contributed by atoms with Crippen molar-refractivity contribution in [1.29, 1.82) is 0 Å². The molecule has 0 spiro atoms. The monoisotopic (exact) mass is 182 g/mol. The summed E-state index contributed by atoms with van der Waals surface area (Å²) in [4.78, 5) is 10.3. The van der Waals surface area contributed by atoms with Gasteiger partial charge >= 0.3 is 12.1 Å². The molecule has 0 heterocycles. The van der Waals surface area contributed by atoms with Gasteiger partial charge in [0.1, 0.15) is 0 Å². The fraction of sp³-hybridized carbons (Fsp3) is 0.857. The second-order valence-corrected chi connectivity index (χ2v) is 3.21. The Morgan fingerprint density at radius 2 is 1.92 bits per heavy atom. The minimum atomic E-state index is -4.37. The maximum absolute atomic E-state index is 12.2. The molecule has 0 bridgehead atoms. The van der Waals surface area contributed by atoms with Gasteiger partial charge in [0.05, 0.1) is 11.3 Å². The molecule has 1 aliphatic carbocycles. The first-order valence-corrected chi connectivity index (χ1v) is 3.61. The Balaban J connectivity index is 2.80. The van der Waals surface area contributed by atoms with Crippen molar-refractivity contribution in [3.05, 3.63) is 0 Å². The standard InChI is InChI=1S/C7H9F3O2/c1-4(5(11)12)6(2-3-6)7(8,9)10/h4H,2-3H2,1H3,(H,11,12)/t4-/m1/s1. The van der Waals surface area contributed by atoms with Gasteiger partial charge in [0.2, 0.25) is 0 Å². The molecule has 1 saturated carbocycles. The predicted molar refractivity (Wildman–Crippen MR) is 34.5 cm³/mol. The van der Waals surface area contributed by atoms with E-state index >= 15 is 0 Å². The first kappa shape index (κ1) is 9.35. The topological polar surface area (TPSA) is 37.3 Å². The van der Waals surface area contributed by atoms with Gasteiger partial charge in [-0.3, -0.25) is 4.79 Å². The Labute approximate surface area is 67.4 Å². The average molecular weight is 182 g/mol. The summed E-state index contributed by atoms with van der Waals surface area (Å²) in [6.45, 7) is 1.11. The van der Waals surface area contributed by atoms with Crippen LogP contribution < -0.4 is 0 Å². The molecule has 0 radical (unpaired) electrons. The van der Waals surface area contributed by atoms with E-state index in [0.29, 0.717) is 0 Å². The molecule has 70 valence electrons. The van der Waals surface area contributed by atoms with Crippen LogP contribution in [0.3, 0.4) is 0 Å². The van der Waals surface area contributed by atoms with Gasteiger partial charge in [0.15, 0.2) is 0 Å². The van der Waals surface area contributed by atoms with E-state index in [0.717, 1.165) is 6.92 Å². The molecule has 0 amide bonds. The summed E-state index contributed by atoms with van der Waals surface area (Å²) in [6.07, 6.45) is -4.47. The lowest BCUT2D eigenvalue weighted by molar-refractivity contribution is -0.206. The van der Waals surface area contributed by atoms with Crippen molar-refractivity contribution in [1.82, 2.24) is 0 Å². The van der Waals surface area contributed by atoms with E-state index in [2.05, 4.69) is 0 Å². The zero-order valence-corrected chi connectivity index (χ0v) is 6.48. The quantitative estimate of drug-likeness (QED) is 0.709. The highest BCUT2D eigenvalue weighted by Gasteiger charge is 2.67. The SMILES string of the molecule is C[C@H](C(=O)O)C1(C(F)(F)F)CC1. The first-order chi connectivity index (χ1) is 5.31. The number of hydrogen-bond acceptors (Lipinski definition) is 1. The third kappa shape index (κ3) is 1.17. The van der Waals surface area contributed by atoms with E-state index in [9.17, 15) is 18.0 Å². The summed E-state index contributed by atoms with van der Waals surface area (Å²) in [7, 11) is 0. The first-order valence-electron chi connectivity index (χ1n) is 3.61. The van der Waals surface area contributed by atoms with E-state index in [1.807, 2.05) is 0 Å². The smallest absolute Gasteiger partial charge is 0.395 e. The van der Waals surface area contributed by atoms with Crippen LogP contribution in [0.5, 0.6) is 0 Å². The van der Waals surface area contributed by atoms with Crippen LogP contribution in [0.1, 0.15) is 19.8 Å². The van der Waals surface area contributed by atoms with Crippen molar-refractivity contribution < 1.29 is 23.1 Å². The molecule has 1 fully saturated rings. The molecule has 0 aromatic carbocycles. The van der Waals surface area contributed by atoms with E-state index in [1.54, 1.807) is 0 Å². The zero-order valence-electron chi connectivity index (χ0n) is 6.48. The Bertz CT molecular complexity index is 205. The molecule has 1 rings (SSSR count). The van der Waals surface area contributed by atoms with E-state index in [1.165, 1.54) is 0 Å². The summed E-state index contributed by atoms with van der Waals surface area (Å²) >= 11 is 0. The van der Waals surface area contributed by atoms with Crippen LogP contribution in [0.25, 0.3) is 0 Å². The highest BCUT2D eigenvalue weighted by atomic mass is 19.4. The van der Waals surface area contributed by atoms with Crippen LogP contribution in [0.15, 0.2) is 0 Å². The van der Waals surface area contributed by atoms with Gasteiger partial charge in [0.25, 0.3) is 0 Å². The molecule has 0 unspecified atom stereocenters. The van der Waals surface area contributed by atoms with Crippen molar-refractivity contribution in [3.8, 4) is 0 Å². The highest BCUT2D eigenvalue weighted by molar-refractivity contribution is 5.71. The zero-order chi connectivity index (χ0) is 9.57. The second kappa shape index (κ2) is 2.37. The van der Waals surface area contributed by atoms with Crippen LogP contribution in [-0.4, -0.2) is 17.3 Å². The number of carboxylic acids is 1. The normalized spacial score (nSPS) is 23.3. The number of alkyl halides is 3. The molecule has 0 aliphatic heterocycles. The number of rotatable bonds is 2. The number of aliphatic carboxylic acids is 1. The van der Waals surface area contributed by atoms with Gasteiger partial charge in [0, 0.05) is 0 Å². The second-order valence-electron chi connectivity index (χ2n) is 3.21. The summed E-state index contributed by atoms with van der Waals surface area (Å²) < 4.78 is 36.7. The molecule has 2 nitrogen and oxygen atoms in total. The minimum absolute atomic E-state index is 0.0516. The molecule has 1 aliphatic rings. The lowest BCUT2D eigenvalue weighted by Crippen LogP contribution is -2.35. The van der Waals surface area contributed by atoms with E-state index < -0.39 is 23.5 Å². The van der Waals surface area contributed by atoms with Crippen molar-refractivity contribution in [2.45, 2.75) is 25.9 Å². The van der Waals surface area contributed by atoms with Crippen molar-refractivity contribution in [2.75, 3.05) is 0 Å². The Kier molecular flexibility index (Phi) is 1.85. The maximum Gasteiger partial charge on any atom is 0.395 e. The van der Waals surface area contributed by atoms with Gasteiger partial charge in [-0.2, -0.15) is 13.2 Å². The molecule has 1 atom stereocenters. The minimum Gasteiger partial charge on any atom is -0.481 e. The summed E-state index contributed by atoms with van der Waals surface area (Å²) in [6, 6.07) is 0. The Morgan fingerprint density at radius 1 is 1.50 bits per heavy atom. The fourth-order valence-electron chi connectivity index (χ4n) is 1.33. The Hall–Kier alpha value is -0.740. The van der Waals surface area contributed by atoms with Crippen LogP contribution in [0, 0.1) is 11.3 Å². The molecular weight excluding hydrogens is 173 g/mol. The molecule has 12 heavy (non-hydrogen) atoms. The van der Waals surface area contributed by atoms with Crippen LogP contribution in [-0.2, 0) is 4.79 Å². The van der Waals surface area contributed by atoms with Crippen LogP contribution in [0.2, 0.25) is 0 Å². The molecule has 0 aromatic heterocycles. The summed E-state index contributed by atoms with van der Waals surface area (Å²) in [5.74, 6) is -2.69. The number of carboxylic acid groups (broad SMARTS) is 1. The van der Waals surface area contributed by atoms with Crippen LogP contribution in [0.4, 0.5) is 13.2 Å².